The fraction of sp³-hybridized carbons (Fsp3) is 0.162. The number of esters is 1. The van der Waals surface area contributed by atoms with Crippen LogP contribution in [0, 0.1) is 6.92 Å². The van der Waals surface area contributed by atoms with E-state index < -0.39 is 5.60 Å². The number of fused-ring (bicyclic) bond motifs is 6. The monoisotopic (exact) mass is 620 g/mol. The van der Waals surface area contributed by atoms with Gasteiger partial charge in [-0.3, -0.25) is 0 Å². The summed E-state index contributed by atoms with van der Waals surface area (Å²) in [6, 6.07) is 33.3. The van der Waals surface area contributed by atoms with Gasteiger partial charge in [0.15, 0.2) is 5.60 Å². The average molecular weight is 622 g/mol. The standard InChI is InChI=1S/C37H30Cl2N2O3/c1-4-40(5-2)28-18-19-31-35(21-28)43-34-20-23(3)33(22-32(34)37(31)30-9-7-6-8-29(30)36(42)44-37)41(26-14-10-24(38)11-15-26)27-16-12-25(39)13-17-27/h6-22H,4-5H2,1-3H3. The predicted molar refractivity (Wildman–Crippen MR) is 178 cm³/mol. The fourth-order valence-corrected chi connectivity index (χ4v) is 6.68. The first-order valence-corrected chi connectivity index (χ1v) is 15.5. The Morgan fingerprint density at radius 3 is 1.91 bits per heavy atom. The number of carbonyl (C=O) groups is 1. The molecule has 0 amide bonds. The quantitative estimate of drug-likeness (QED) is 0.177. The highest BCUT2D eigenvalue weighted by atomic mass is 35.5. The molecule has 1 spiro atoms. The zero-order valence-corrected chi connectivity index (χ0v) is 26.1. The van der Waals surface area contributed by atoms with Gasteiger partial charge in [-0.1, -0.05) is 41.4 Å². The topological polar surface area (TPSA) is 42.0 Å². The maximum absolute atomic E-state index is 13.5. The molecule has 0 saturated heterocycles. The fourth-order valence-electron chi connectivity index (χ4n) is 6.43. The smallest absolute Gasteiger partial charge is 0.340 e. The molecule has 0 aliphatic carbocycles. The van der Waals surface area contributed by atoms with Crippen LogP contribution in [0.3, 0.4) is 0 Å². The molecule has 44 heavy (non-hydrogen) atoms. The Kier molecular flexibility index (Phi) is 7.03. The van der Waals surface area contributed by atoms with Crippen LogP contribution in [0.25, 0.3) is 0 Å². The van der Waals surface area contributed by atoms with Gasteiger partial charge < -0.3 is 19.3 Å². The van der Waals surface area contributed by atoms with Crippen LogP contribution in [-0.2, 0) is 10.3 Å². The van der Waals surface area contributed by atoms with Gasteiger partial charge in [0.05, 0.1) is 5.56 Å². The summed E-state index contributed by atoms with van der Waals surface area (Å²) in [6.07, 6.45) is 0. The Hall–Kier alpha value is -4.45. The molecular formula is C37H30Cl2N2O3. The van der Waals surface area contributed by atoms with Crippen molar-refractivity contribution in [2.45, 2.75) is 26.4 Å². The van der Waals surface area contributed by atoms with E-state index in [4.69, 9.17) is 32.7 Å². The van der Waals surface area contributed by atoms with Gasteiger partial charge in [0, 0.05) is 68.6 Å². The molecule has 0 saturated carbocycles. The van der Waals surface area contributed by atoms with Crippen LogP contribution in [-0.4, -0.2) is 19.1 Å². The first-order chi connectivity index (χ1) is 21.3. The number of benzene rings is 5. The number of ether oxygens (including phenoxy) is 2. The van der Waals surface area contributed by atoms with E-state index in [1.807, 2.05) is 84.9 Å². The lowest BCUT2D eigenvalue weighted by atomic mass is 9.77. The highest BCUT2D eigenvalue weighted by molar-refractivity contribution is 6.31. The number of nitrogens with zero attached hydrogens (tertiary/aromatic N) is 2. The molecule has 1 atom stereocenters. The summed E-state index contributed by atoms with van der Waals surface area (Å²) >= 11 is 12.6. The van der Waals surface area contributed by atoms with Gasteiger partial charge in [0.1, 0.15) is 11.5 Å². The summed E-state index contributed by atoms with van der Waals surface area (Å²) in [5, 5.41) is 1.30. The number of aryl methyl sites for hydroxylation is 1. The molecule has 7 rings (SSSR count). The number of carbonyl (C=O) groups excluding carboxylic acids is 1. The van der Waals surface area contributed by atoms with E-state index in [1.165, 1.54) is 0 Å². The lowest BCUT2D eigenvalue weighted by Crippen LogP contribution is -2.33. The Balaban J connectivity index is 1.49. The summed E-state index contributed by atoms with van der Waals surface area (Å²) in [4.78, 5) is 17.9. The highest BCUT2D eigenvalue weighted by Gasteiger charge is 2.54. The summed E-state index contributed by atoms with van der Waals surface area (Å²) in [6.45, 7) is 8.05. The molecular weight excluding hydrogens is 591 g/mol. The largest absolute Gasteiger partial charge is 0.456 e. The Labute approximate surface area is 267 Å². The minimum absolute atomic E-state index is 0.360. The first kappa shape index (κ1) is 28.3. The van der Waals surface area contributed by atoms with Crippen molar-refractivity contribution in [1.29, 1.82) is 0 Å². The van der Waals surface area contributed by atoms with Crippen LogP contribution in [0.4, 0.5) is 22.7 Å². The molecule has 220 valence electrons. The molecule has 0 aromatic heterocycles. The summed E-state index contributed by atoms with van der Waals surface area (Å²) in [5.74, 6) is 0.958. The summed E-state index contributed by atoms with van der Waals surface area (Å²) in [5.41, 5.74) is 6.47. The van der Waals surface area contributed by atoms with Crippen molar-refractivity contribution in [1.82, 2.24) is 0 Å². The molecule has 2 aliphatic heterocycles. The normalized spacial score (nSPS) is 16.1. The molecule has 0 radical (unpaired) electrons. The molecule has 2 aliphatic rings. The van der Waals surface area contributed by atoms with Crippen molar-refractivity contribution >= 4 is 51.9 Å². The van der Waals surface area contributed by atoms with E-state index in [0.29, 0.717) is 27.1 Å². The van der Waals surface area contributed by atoms with E-state index in [9.17, 15) is 4.79 Å². The van der Waals surface area contributed by atoms with Gasteiger partial charge in [0.25, 0.3) is 0 Å². The predicted octanol–water partition coefficient (Wildman–Crippen LogP) is 10.2. The second-order valence-electron chi connectivity index (χ2n) is 11.0. The molecule has 2 heterocycles. The van der Waals surface area contributed by atoms with Gasteiger partial charge in [0.2, 0.25) is 0 Å². The van der Waals surface area contributed by atoms with Gasteiger partial charge in [-0.15, -0.1) is 0 Å². The molecule has 5 aromatic rings. The van der Waals surface area contributed by atoms with Crippen LogP contribution in [0.5, 0.6) is 11.5 Å². The first-order valence-electron chi connectivity index (χ1n) is 14.7. The van der Waals surface area contributed by atoms with Crippen LogP contribution in [0.1, 0.15) is 46.5 Å². The molecule has 1 unspecified atom stereocenters. The second-order valence-corrected chi connectivity index (χ2v) is 11.9. The Morgan fingerprint density at radius 2 is 1.27 bits per heavy atom. The summed E-state index contributed by atoms with van der Waals surface area (Å²) in [7, 11) is 0. The van der Waals surface area contributed by atoms with E-state index in [0.717, 1.165) is 58.1 Å². The SMILES string of the molecule is CCN(CC)c1ccc2c(c1)Oc1cc(C)c(N(c3ccc(Cl)cc3)c3ccc(Cl)cc3)cc1C21OC(=O)c2ccccc21. The van der Waals surface area contributed by atoms with E-state index >= 15 is 0 Å². The number of halogens is 2. The summed E-state index contributed by atoms with van der Waals surface area (Å²) < 4.78 is 13.2. The average Bonchev–Trinajstić information content (AvgIpc) is 3.32. The van der Waals surface area contributed by atoms with E-state index in [-0.39, 0.29) is 5.97 Å². The zero-order valence-electron chi connectivity index (χ0n) is 24.6. The molecule has 5 aromatic carbocycles. The van der Waals surface area contributed by atoms with Crippen LogP contribution in [0.15, 0.2) is 103 Å². The lowest BCUT2D eigenvalue weighted by Gasteiger charge is -2.38. The zero-order chi connectivity index (χ0) is 30.6. The third-order valence-corrected chi connectivity index (χ3v) is 9.06. The van der Waals surface area contributed by atoms with Crippen LogP contribution >= 0.6 is 23.2 Å². The third kappa shape index (κ3) is 4.42. The molecule has 0 bridgehead atoms. The van der Waals surface area contributed by atoms with Gasteiger partial charge in [-0.2, -0.15) is 0 Å². The van der Waals surface area contributed by atoms with Gasteiger partial charge in [-0.05, 0) is 105 Å². The molecule has 5 nitrogen and oxygen atoms in total. The Morgan fingerprint density at radius 1 is 0.682 bits per heavy atom. The molecule has 0 N–H and O–H groups in total. The van der Waals surface area contributed by atoms with Gasteiger partial charge >= 0.3 is 5.97 Å². The van der Waals surface area contributed by atoms with Crippen molar-refractivity contribution in [2.75, 3.05) is 22.9 Å². The number of anilines is 4. The minimum Gasteiger partial charge on any atom is -0.456 e. The van der Waals surface area contributed by atoms with Crippen molar-refractivity contribution in [3.63, 3.8) is 0 Å². The van der Waals surface area contributed by atoms with E-state index in [2.05, 4.69) is 48.8 Å². The highest BCUT2D eigenvalue weighted by Crippen LogP contribution is 2.58. The van der Waals surface area contributed by atoms with Crippen molar-refractivity contribution < 1.29 is 14.3 Å². The van der Waals surface area contributed by atoms with Crippen molar-refractivity contribution in [3.8, 4) is 11.5 Å². The maximum atomic E-state index is 13.5. The second kappa shape index (κ2) is 10.9. The van der Waals surface area contributed by atoms with E-state index in [1.54, 1.807) is 0 Å². The van der Waals surface area contributed by atoms with Gasteiger partial charge in [-0.25, -0.2) is 4.79 Å². The third-order valence-electron chi connectivity index (χ3n) is 8.55. The maximum Gasteiger partial charge on any atom is 0.340 e. The number of rotatable bonds is 6. The minimum atomic E-state index is -1.19. The molecule has 7 heteroatoms. The van der Waals surface area contributed by atoms with Crippen molar-refractivity contribution in [2.24, 2.45) is 0 Å². The molecule has 0 fully saturated rings. The lowest BCUT2D eigenvalue weighted by molar-refractivity contribution is 0.0224. The number of hydrogen-bond donors (Lipinski definition) is 0. The number of hydrogen-bond acceptors (Lipinski definition) is 5. The van der Waals surface area contributed by atoms with Crippen LogP contribution in [0.2, 0.25) is 10.0 Å². The van der Waals surface area contributed by atoms with Crippen molar-refractivity contribution in [3.05, 3.63) is 141 Å². The van der Waals surface area contributed by atoms with Crippen LogP contribution < -0.4 is 14.5 Å². The Bertz CT molecular complexity index is 1860.